The lowest BCUT2D eigenvalue weighted by molar-refractivity contribution is 0.349. The molecule has 0 radical (unpaired) electrons. The van der Waals surface area contributed by atoms with Crippen molar-refractivity contribution in [1.82, 2.24) is 9.29 Å². The first kappa shape index (κ1) is 13.6. The number of rotatable bonds is 3. The first-order valence-corrected chi connectivity index (χ1v) is 7.71. The molecule has 1 N–H and O–H groups in total. The summed E-state index contributed by atoms with van der Waals surface area (Å²) in [6.07, 6.45) is 4.49. The Labute approximate surface area is 112 Å². The van der Waals surface area contributed by atoms with Crippen LogP contribution in [0.2, 0.25) is 5.15 Å². The third-order valence-corrected chi connectivity index (χ3v) is 4.69. The Morgan fingerprint density at radius 2 is 2.00 bits per heavy atom. The number of nitrogens with one attached hydrogen (secondary N) is 1. The van der Waals surface area contributed by atoms with Gasteiger partial charge in [-0.3, -0.25) is 4.72 Å². The van der Waals surface area contributed by atoms with Crippen LogP contribution in [0.15, 0.2) is 12.3 Å². The van der Waals surface area contributed by atoms with E-state index in [2.05, 4.69) is 9.71 Å². The van der Waals surface area contributed by atoms with Gasteiger partial charge in [-0.2, -0.15) is 12.7 Å². The van der Waals surface area contributed by atoms with Gasteiger partial charge in [0, 0.05) is 19.3 Å². The molecule has 1 fully saturated rings. The van der Waals surface area contributed by atoms with Gasteiger partial charge in [0.25, 0.3) is 0 Å². The average molecular weight is 290 g/mol. The molecular formula is C11H16ClN3O2S. The normalized spacial score (nSPS) is 17.7. The molecule has 0 amide bonds. The fraction of sp³-hybridized carbons (Fsp3) is 0.545. The molecule has 1 aromatic rings. The molecule has 1 aliphatic rings. The molecule has 0 bridgehead atoms. The Balaban J connectivity index is 2.18. The number of piperidine rings is 1. The number of anilines is 1. The number of pyridine rings is 1. The molecule has 2 heterocycles. The van der Waals surface area contributed by atoms with E-state index in [1.807, 2.05) is 6.92 Å². The summed E-state index contributed by atoms with van der Waals surface area (Å²) >= 11 is 5.88. The molecular weight excluding hydrogens is 274 g/mol. The molecule has 18 heavy (non-hydrogen) atoms. The van der Waals surface area contributed by atoms with Crippen molar-refractivity contribution in [2.45, 2.75) is 26.2 Å². The van der Waals surface area contributed by atoms with Crippen molar-refractivity contribution in [3.63, 3.8) is 0 Å². The summed E-state index contributed by atoms with van der Waals surface area (Å²) in [6, 6.07) is 1.68. The van der Waals surface area contributed by atoms with Crippen LogP contribution in [0.4, 0.5) is 5.69 Å². The van der Waals surface area contributed by atoms with Crippen LogP contribution in [-0.2, 0) is 10.2 Å². The number of hydrogen-bond donors (Lipinski definition) is 1. The van der Waals surface area contributed by atoms with Crippen LogP contribution in [0, 0.1) is 6.92 Å². The Bertz CT molecular complexity index is 527. The van der Waals surface area contributed by atoms with Gasteiger partial charge in [-0.05, 0) is 31.4 Å². The second-order valence-electron chi connectivity index (χ2n) is 4.42. The molecule has 1 aliphatic heterocycles. The van der Waals surface area contributed by atoms with Gasteiger partial charge in [-0.1, -0.05) is 18.0 Å². The highest BCUT2D eigenvalue weighted by Gasteiger charge is 2.24. The molecule has 7 heteroatoms. The smallest absolute Gasteiger partial charge is 0.268 e. The zero-order valence-electron chi connectivity index (χ0n) is 10.2. The summed E-state index contributed by atoms with van der Waals surface area (Å²) in [7, 11) is -3.52. The molecule has 1 saturated heterocycles. The molecule has 0 atom stereocenters. The molecule has 100 valence electrons. The predicted molar refractivity (Wildman–Crippen MR) is 72.0 cm³/mol. The molecule has 0 aliphatic carbocycles. The monoisotopic (exact) mass is 289 g/mol. The Morgan fingerprint density at radius 3 is 2.67 bits per heavy atom. The first-order valence-electron chi connectivity index (χ1n) is 5.89. The number of aryl methyl sites for hydroxylation is 1. The molecule has 0 aromatic carbocycles. The fourth-order valence-corrected chi connectivity index (χ4v) is 3.44. The van der Waals surface area contributed by atoms with Crippen molar-refractivity contribution >= 4 is 27.5 Å². The Kier molecular flexibility index (Phi) is 4.09. The van der Waals surface area contributed by atoms with E-state index in [1.165, 1.54) is 4.31 Å². The first-order chi connectivity index (χ1) is 8.49. The standard InChI is InChI=1S/C11H16ClN3O2S/c1-9-7-10(11(12)13-8-9)14-18(16,17)15-5-3-2-4-6-15/h7-8,14H,2-6H2,1H3. The van der Waals surface area contributed by atoms with E-state index in [-0.39, 0.29) is 5.15 Å². The predicted octanol–water partition coefficient (Wildman–Crippen LogP) is 2.19. The van der Waals surface area contributed by atoms with Crippen molar-refractivity contribution < 1.29 is 8.42 Å². The highest BCUT2D eigenvalue weighted by atomic mass is 35.5. The maximum Gasteiger partial charge on any atom is 0.301 e. The van der Waals surface area contributed by atoms with Crippen molar-refractivity contribution in [2.75, 3.05) is 17.8 Å². The molecule has 5 nitrogen and oxygen atoms in total. The SMILES string of the molecule is Cc1cnc(Cl)c(NS(=O)(=O)N2CCCCC2)c1. The Morgan fingerprint density at radius 1 is 1.33 bits per heavy atom. The van der Waals surface area contributed by atoms with E-state index >= 15 is 0 Å². The molecule has 0 saturated carbocycles. The third kappa shape index (κ3) is 3.13. The highest BCUT2D eigenvalue weighted by Crippen LogP contribution is 2.23. The van der Waals surface area contributed by atoms with Gasteiger partial charge in [0.05, 0.1) is 5.69 Å². The van der Waals surface area contributed by atoms with Crippen molar-refractivity contribution in [3.8, 4) is 0 Å². The van der Waals surface area contributed by atoms with Crippen molar-refractivity contribution in [1.29, 1.82) is 0 Å². The largest absolute Gasteiger partial charge is 0.301 e. The van der Waals surface area contributed by atoms with Gasteiger partial charge in [-0.15, -0.1) is 0 Å². The zero-order chi connectivity index (χ0) is 13.2. The maximum atomic E-state index is 12.1. The average Bonchev–Trinajstić information content (AvgIpc) is 2.35. The summed E-state index contributed by atoms with van der Waals surface area (Å²) < 4.78 is 28.2. The van der Waals surface area contributed by atoms with Gasteiger partial charge in [0.1, 0.15) is 0 Å². The minimum atomic E-state index is -3.52. The minimum absolute atomic E-state index is 0.168. The lowest BCUT2D eigenvalue weighted by Crippen LogP contribution is -2.39. The third-order valence-electron chi connectivity index (χ3n) is 2.87. The van der Waals surface area contributed by atoms with Gasteiger partial charge in [-0.25, -0.2) is 4.98 Å². The second kappa shape index (κ2) is 5.42. The molecule has 1 aromatic heterocycles. The summed E-state index contributed by atoms with van der Waals surface area (Å²) in [5, 5.41) is 0.168. The summed E-state index contributed by atoms with van der Waals surface area (Å²) in [5.74, 6) is 0. The van der Waals surface area contributed by atoms with Crippen LogP contribution >= 0.6 is 11.6 Å². The highest BCUT2D eigenvalue weighted by molar-refractivity contribution is 7.90. The molecule has 2 rings (SSSR count). The van der Waals surface area contributed by atoms with E-state index in [9.17, 15) is 8.42 Å². The second-order valence-corrected chi connectivity index (χ2v) is 6.45. The topological polar surface area (TPSA) is 62.3 Å². The van der Waals surface area contributed by atoms with E-state index in [0.717, 1.165) is 24.8 Å². The van der Waals surface area contributed by atoms with Gasteiger partial charge in [0.2, 0.25) is 0 Å². The minimum Gasteiger partial charge on any atom is -0.268 e. The Hall–Kier alpha value is -0.850. The lowest BCUT2D eigenvalue weighted by atomic mass is 10.2. The van der Waals surface area contributed by atoms with E-state index in [1.54, 1.807) is 12.3 Å². The van der Waals surface area contributed by atoms with E-state index in [4.69, 9.17) is 11.6 Å². The summed E-state index contributed by atoms with van der Waals surface area (Å²) in [5.41, 5.74) is 1.19. The number of hydrogen-bond acceptors (Lipinski definition) is 3. The van der Waals surface area contributed by atoms with Crippen LogP contribution in [0.25, 0.3) is 0 Å². The van der Waals surface area contributed by atoms with E-state index in [0.29, 0.717) is 18.8 Å². The van der Waals surface area contributed by atoms with Gasteiger partial charge >= 0.3 is 10.2 Å². The molecule has 0 unspecified atom stereocenters. The zero-order valence-corrected chi connectivity index (χ0v) is 11.8. The van der Waals surface area contributed by atoms with Crippen LogP contribution in [-0.4, -0.2) is 30.8 Å². The van der Waals surface area contributed by atoms with Crippen LogP contribution in [0.3, 0.4) is 0 Å². The van der Waals surface area contributed by atoms with Gasteiger partial charge < -0.3 is 0 Å². The number of aromatic nitrogens is 1. The lowest BCUT2D eigenvalue weighted by Gasteiger charge is -2.26. The summed E-state index contributed by atoms with van der Waals surface area (Å²) in [4.78, 5) is 3.93. The maximum absolute atomic E-state index is 12.1. The van der Waals surface area contributed by atoms with Crippen LogP contribution in [0.5, 0.6) is 0 Å². The van der Waals surface area contributed by atoms with Crippen molar-refractivity contribution in [3.05, 3.63) is 23.0 Å². The van der Waals surface area contributed by atoms with Crippen LogP contribution < -0.4 is 4.72 Å². The quantitative estimate of drug-likeness (QED) is 0.868. The number of halogens is 1. The van der Waals surface area contributed by atoms with Gasteiger partial charge in [0.15, 0.2) is 5.15 Å². The van der Waals surface area contributed by atoms with Crippen LogP contribution in [0.1, 0.15) is 24.8 Å². The van der Waals surface area contributed by atoms with Crippen molar-refractivity contribution in [2.24, 2.45) is 0 Å². The fourth-order valence-electron chi connectivity index (χ4n) is 1.93. The summed E-state index contributed by atoms with van der Waals surface area (Å²) in [6.45, 7) is 2.96. The van der Waals surface area contributed by atoms with E-state index < -0.39 is 10.2 Å². The number of nitrogens with zero attached hydrogens (tertiary/aromatic N) is 2. The molecule has 0 spiro atoms.